The highest BCUT2D eigenvalue weighted by atomic mass is 16.1. The maximum Gasteiger partial charge on any atom is 0.273 e. The molecular formula is C9H12N6O. The molecule has 0 spiro atoms. The molecule has 2 aromatic rings. The molecule has 0 atom stereocenters. The smallest absolute Gasteiger partial charge is 0.273 e. The number of nitrogens with two attached hydrogens (primary N) is 1. The van der Waals surface area contributed by atoms with Crippen molar-refractivity contribution in [3.8, 4) is 0 Å². The molecule has 0 fully saturated rings. The minimum absolute atomic E-state index is 0.283. The Hall–Kier alpha value is -2.31. The van der Waals surface area contributed by atoms with E-state index in [1.807, 2.05) is 6.92 Å². The molecule has 0 unspecified atom stereocenters. The first-order valence-electron chi connectivity index (χ1n) is 4.71. The van der Waals surface area contributed by atoms with E-state index in [4.69, 9.17) is 5.73 Å². The van der Waals surface area contributed by atoms with Gasteiger partial charge in [0.2, 0.25) is 0 Å². The number of hydrogen-bond acceptors (Lipinski definition) is 4. The third-order valence-electron chi connectivity index (χ3n) is 2.21. The van der Waals surface area contributed by atoms with Crippen LogP contribution in [0.15, 0.2) is 6.07 Å². The number of hydrogen-bond donors (Lipinski definition) is 4. The van der Waals surface area contributed by atoms with Gasteiger partial charge in [-0.15, -0.1) is 0 Å². The van der Waals surface area contributed by atoms with Crippen molar-refractivity contribution in [3.63, 3.8) is 0 Å². The lowest BCUT2D eigenvalue weighted by Gasteiger charge is -2.02. The summed E-state index contributed by atoms with van der Waals surface area (Å²) in [6, 6.07) is 1.47. The summed E-state index contributed by atoms with van der Waals surface area (Å²) in [7, 11) is 0. The lowest BCUT2D eigenvalue weighted by Crippen LogP contribution is -2.13. The molecule has 7 nitrogen and oxygen atoms in total. The Morgan fingerprint density at radius 1 is 1.38 bits per heavy atom. The van der Waals surface area contributed by atoms with E-state index in [0.29, 0.717) is 11.4 Å². The van der Waals surface area contributed by atoms with Crippen LogP contribution in [0.3, 0.4) is 0 Å². The van der Waals surface area contributed by atoms with Crippen molar-refractivity contribution >= 4 is 17.4 Å². The van der Waals surface area contributed by atoms with E-state index in [1.54, 1.807) is 6.92 Å². The topological polar surface area (TPSA) is 112 Å². The van der Waals surface area contributed by atoms with Gasteiger partial charge in [-0.05, 0) is 13.8 Å². The molecule has 0 bridgehead atoms. The summed E-state index contributed by atoms with van der Waals surface area (Å²) in [4.78, 5) is 11.8. The zero-order chi connectivity index (χ0) is 11.7. The zero-order valence-electron chi connectivity index (χ0n) is 8.96. The van der Waals surface area contributed by atoms with Crippen LogP contribution in [0.25, 0.3) is 0 Å². The second-order valence-electron chi connectivity index (χ2n) is 3.47. The highest BCUT2D eigenvalue weighted by Gasteiger charge is 2.13. The molecule has 0 aliphatic carbocycles. The summed E-state index contributed by atoms with van der Waals surface area (Å²) in [6.07, 6.45) is 0. The molecule has 2 heterocycles. The van der Waals surface area contributed by atoms with Crippen molar-refractivity contribution in [3.05, 3.63) is 23.1 Å². The van der Waals surface area contributed by atoms with Gasteiger partial charge in [0.15, 0.2) is 0 Å². The number of nitrogens with zero attached hydrogens (tertiary/aromatic N) is 2. The molecule has 1 amide bonds. The Kier molecular flexibility index (Phi) is 2.35. The van der Waals surface area contributed by atoms with Crippen molar-refractivity contribution < 1.29 is 4.79 Å². The van der Waals surface area contributed by atoms with Crippen molar-refractivity contribution in [1.29, 1.82) is 0 Å². The Morgan fingerprint density at radius 2 is 2.12 bits per heavy atom. The summed E-state index contributed by atoms with van der Waals surface area (Å²) < 4.78 is 0. The number of aromatic nitrogens is 4. The number of aromatic amines is 2. The van der Waals surface area contributed by atoms with E-state index in [2.05, 4.69) is 25.7 Å². The van der Waals surface area contributed by atoms with Crippen LogP contribution >= 0.6 is 0 Å². The van der Waals surface area contributed by atoms with Crippen LogP contribution < -0.4 is 11.1 Å². The number of nitrogen functional groups attached to an aromatic ring is 1. The number of H-pyrrole nitrogens is 2. The van der Waals surface area contributed by atoms with Gasteiger partial charge in [0, 0.05) is 6.07 Å². The highest BCUT2D eigenvalue weighted by Crippen LogP contribution is 2.16. The van der Waals surface area contributed by atoms with Gasteiger partial charge >= 0.3 is 0 Å². The molecule has 0 aliphatic rings. The lowest BCUT2D eigenvalue weighted by molar-refractivity contribution is 0.102. The fourth-order valence-corrected chi connectivity index (χ4v) is 1.37. The summed E-state index contributed by atoms with van der Waals surface area (Å²) in [5, 5.41) is 15.7. The van der Waals surface area contributed by atoms with E-state index in [1.165, 1.54) is 6.07 Å². The van der Waals surface area contributed by atoms with Gasteiger partial charge in [0.05, 0.1) is 17.1 Å². The lowest BCUT2D eigenvalue weighted by atomic mass is 10.3. The Bertz CT molecular complexity index is 506. The molecule has 7 heteroatoms. The summed E-state index contributed by atoms with van der Waals surface area (Å²) in [5.74, 6) is -0.0115. The number of nitrogens with one attached hydrogen (secondary N) is 3. The van der Waals surface area contributed by atoms with Gasteiger partial charge in [0.1, 0.15) is 11.5 Å². The molecule has 84 valence electrons. The molecule has 16 heavy (non-hydrogen) atoms. The van der Waals surface area contributed by atoms with Crippen molar-refractivity contribution in [2.45, 2.75) is 13.8 Å². The fraction of sp³-hybridized carbons (Fsp3) is 0.222. The number of aryl methyl sites for hydroxylation is 2. The van der Waals surface area contributed by atoms with Gasteiger partial charge in [-0.2, -0.15) is 10.2 Å². The first-order chi connectivity index (χ1) is 7.58. The van der Waals surface area contributed by atoms with Crippen LogP contribution in [0.1, 0.15) is 21.9 Å². The van der Waals surface area contributed by atoms with E-state index in [9.17, 15) is 4.79 Å². The van der Waals surface area contributed by atoms with E-state index >= 15 is 0 Å². The predicted octanol–water partition coefficient (Wildman–Crippen LogP) is 0.584. The number of carbonyl (C=O) groups excluding carboxylic acids is 1. The molecule has 5 N–H and O–H groups in total. The number of amides is 1. The summed E-state index contributed by atoms with van der Waals surface area (Å²) in [6.45, 7) is 3.64. The van der Waals surface area contributed by atoms with Crippen molar-refractivity contribution in [1.82, 2.24) is 20.4 Å². The number of rotatable bonds is 2. The maximum atomic E-state index is 11.8. The van der Waals surface area contributed by atoms with Crippen LogP contribution in [-0.2, 0) is 0 Å². The largest absolute Gasteiger partial charge is 0.382 e. The van der Waals surface area contributed by atoms with Gasteiger partial charge in [-0.25, -0.2) is 0 Å². The molecule has 0 aliphatic heterocycles. The zero-order valence-corrected chi connectivity index (χ0v) is 8.96. The maximum absolute atomic E-state index is 11.8. The van der Waals surface area contributed by atoms with Crippen molar-refractivity contribution in [2.24, 2.45) is 0 Å². The van der Waals surface area contributed by atoms with Gasteiger partial charge in [0.25, 0.3) is 5.91 Å². The van der Waals surface area contributed by atoms with Crippen LogP contribution in [-0.4, -0.2) is 26.3 Å². The average Bonchev–Trinajstić information content (AvgIpc) is 2.79. The van der Waals surface area contributed by atoms with E-state index < -0.39 is 0 Å². The van der Waals surface area contributed by atoms with Gasteiger partial charge in [-0.1, -0.05) is 0 Å². The minimum Gasteiger partial charge on any atom is -0.382 e. The van der Waals surface area contributed by atoms with Crippen LogP contribution in [0.5, 0.6) is 0 Å². The first kappa shape index (κ1) is 10.2. The molecule has 2 aromatic heterocycles. The minimum atomic E-state index is -0.295. The molecule has 0 saturated carbocycles. The van der Waals surface area contributed by atoms with E-state index in [0.717, 1.165) is 11.4 Å². The number of carbonyl (C=O) groups is 1. The Balaban J connectivity index is 2.20. The molecule has 0 saturated heterocycles. The molecular weight excluding hydrogens is 208 g/mol. The monoisotopic (exact) mass is 220 g/mol. The summed E-state index contributed by atoms with van der Waals surface area (Å²) >= 11 is 0. The third kappa shape index (κ3) is 1.74. The Morgan fingerprint density at radius 3 is 2.62 bits per heavy atom. The molecule has 0 aromatic carbocycles. The van der Waals surface area contributed by atoms with E-state index in [-0.39, 0.29) is 11.7 Å². The van der Waals surface area contributed by atoms with Crippen molar-refractivity contribution in [2.75, 3.05) is 11.1 Å². The third-order valence-corrected chi connectivity index (χ3v) is 2.21. The molecule has 2 rings (SSSR count). The first-order valence-corrected chi connectivity index (χ1v) is 4.71. The van der Waals surface area contributed by atoms with Gasteiger partial charge < -0.3 is 11.1 Å². The van der Waals surface area contributed by atoms with Crippen LogP contribution in [0.2, 0.25) is 0 Å². The standard InChI is InChI=1S/C9H12N6O/c1-4-8(5(2)13-12-4)11-9(16)6-3-7(10)15-14-6/h3H,1-2H3,(H,11,16)(H,12,13)(H3,10,14,15). The second kappa shape index (κ2) is 3.69. The SMILES string of the molecule is Cc1n[nH]c(C)c1NC(=O)c1cc(N)n[nH]1. The summed E-state index contributed by atoms with van der Waals surface area (Å²) in [5.41, 5.74) is 7.94. The second-order valence-corrected chi connectivity index (χ2v) is 3.47. The quantitative estimate of drug-likeness (QED) is 0.593. The molecule has 0 radical (unpaired) electrons. The van der Waals surface area contributed by atoms with Crippen LogP contribution in [0.4, 0.5) is 11.5 Å². The van der Waals surface area contributed by atoms with Gasteiger partial charge in [-0.3, -0.25) is 15.0 Å². The number of anilines is 2. The Labute approximate surface area is 91.4 Å². The normalized spacial score (nSPS) is 10.4. The average molecular weight is 220 g/mol. The fourth-order valence-electron chi connectivity index (χ4n) is 1.37. The predicted molar refractivity (Wildman–Crippen MR) is 59.0 cm³/mol. The van der Waals surface area contributed by atoms with Crippen LogP contribution in [0, 0.1) is 13.8 Å². The highest BCUT2D eigenvalue weighted by molar-refractivity contribution is 6.03.